The molecule has 2 atom stereocenters. The van der Waals surface area contributed by atoms with Gasteiger partial charge in [-0.3, -0.25) is 9.59 Å². The number of ether oxygens (including phenoxy) is 2. The molecular weight excluding hydrogens is 413 g/mol. The van der Waals surface area contributed by atoms with Gasteiger partial charge in [-0.1, -0.05) is 12.1 Å². The van der Waals surface area contributed by atoms with Crippen LogP contribution in [0.3, 0.4) is 0 Å². The Hall–Kier alpha value is -3.19. The number of rotatable bonds is 6. The Bertz CT molecular complexity index is 1020. The van der Waals surface area contributed by atoms with Crippen molar-refractivity contribution in [3.8, 4) is 5.75 Å². The second kappa shape index (κ2) is 9.12. The van der Waals surface area contributed by atoms with Crippen molar-refractivity contribution in [3.63, 3.8) is 0 Å². The van der Waals surface area contributed by atoms with Gasteiger partial charge in [0, 0.05) is 18.7 Å². The molecule has 2 aromatic carbocycles. The number of hydrogen-bond acceptors (Lipinski definition) is 5. The molecule has 0 aromatic heterocycles. The molecule has 6 nitrogen and oxygen atoms in total. The van der Waals surface area contributed by atoms with Gasteiger partial charge in [0.15, 0.2) is 0 Å². The van der Waals surface area contributed by atoms with Crippen molar-refractivity contribution in [3.05, 3.63) is 71.0 Å². The number of aliphatic hydroxyl groups is 1. The van der Waals surface area contributed by atoms with E-state index >= 15 is 0 Å². The number of likely N-dealkylation sites (tertiary alicyclic amines) is 1. The average molecular weight is 439 g/mol. The van der Waals surface area contributed by atoms with Gasteiger partial charge < -0.3 is 19.5 Å². The second-order valence-corrected chi connectivity index (χ2v) is 8.33. The highest BCUT2D eigenvalue weighted by atomic mass is 19.1. The predicted molar refractivity (Wildman–Crippen MR) is 117 cm³/mol. The lowest BCUT2D eigenvalue weighted by Crippen LogP contribution is -2.36. The van der Waals surface area contributed by atoms with E-state index < -0.39 is 23.5 Å². The monoisotopic (exact) mass is 439 g/mol. The van der Waals surface area contributed by atoms with Crippen LogP contribution in [0, 0.1) is 5.82 Å². The number of carbonyl (C=O) groups excluding carboxylic acids is 2. The Morgan fingerprint density at radius 3 is 2.44 bits per heavy atom. The van der Waals surface area contributed by atoms with Crippen LogP contribution < -0.4 is 4.74 Å². The van der Waals surface area contributed by atoms with Gasteiger partial charge in [-0.15, -0.1) is 0 Å². The zero-order chi connectivity index (χ0) is 22.8. The van der Waals surface area contributed by atoms with Gasteiger partial charge in [-0.05, 0) is 68.7 Å². The van der Waals surface area contributed by atoms with Crippen LogP contribution in [0.2, 0.25) is 0 Å². The third-order valence-corrected chi connectivity index (χ3v) is 5.65. The number of benzene rings is 2. The summed E-state index contributed by atoms with van der Waals surface area (Å²) in [6.45, 7) is 4.66. The van der Waals surface area contributed by atoms with E-state index in [4.69, 9.17) is 9.47 Å². The topological polar surface area (TPSA) is 76.1 Å². The molecule has 0 radical (unpaired) electrons. The molecule has 0 bridgehead atoms. The lowest BCUT2D eigenvalue weighted by atomic mass is 9.95. The van der Waals surface area contributed by atoms with Crippen molar-refractivity contribution >= 4 is 17.4 Å². The fourth-order valence-electron chi connectivity index (χ4n) is 4.19. The van der Waals surface area contributed by atoms with E-state index in [0.717, 1.165) is 12.8 Å². The summed E-state index contributed by atoms with van der Waals surface area (Å²) in [5.41, 5.74) is 0.922. The number of halogens is 1. The minimum atomic E-state index is -0.827. The zero-order valence-electron chi connectivity index (χ0n) is 18.1. The normalized spacial score (nSPS) is 22.7. The first kappa shape index (κ1) is 22.0. The number of hydrogen-bond donors (Lipinski definition) is 1. The lowest BCUT2D eigenvalue weighted by Gasteiger charge is -2.27. The van der Waals surface area contributed by atoms with E-state index in [-0.39, 0.29) is 30.1 Å². The third-order valence-electron chi connectivity index (χ3n) is 5.65. The Kier molecular flexibility index (Phi) is 6.28. The molecule has 7 heteroatoms. The van der Waals surface area contributed by atoms with Gasteiger partial charge in [0.05, 0.1) is 23.8 Å². The van der Waals surface area contributed by atoms with E-state index in [1.807, 2.05) is 13.8 Å². The van der Waals surface area contributed by atoms with Gasteiger partial charge in [0.1, 0.15) is 17.3 Å². The lowest BCUT2D eigenvalue weighted by molar-refractivity contribution is -0.140. The molecular formula is C25H26FNO5. The molecule has 2 aromatic rings. The van der Waals surface area contributed by atoms with Crippen molar-refractivity contribution in [1.29, 1.82) is 0 Å². The van der Waals surface area contributed by atoms with Gasteiger partial charge in [-0.2, -0.15) is 0 Å². The van der Waals surface area contributed by atoms with Crippen LogP contribution >= 0.6 is 0 Å². The van der Waals surface area contributed by atoms with Crippen molar-refractivity contribution in [1.82, 2.24) is 4.90 Å². The minimum absolute atomic E-state index is 0.00365. The van der Waals surface area contributed by atoms with Crippen LogP contribution in [0.4, 0.5) is 4.39 Å². The summed E-state index contributed by atoms with van der Waals surface area (Å²) in [5, 5.41) is 11.1. The highest BCUT2D eigenvalue weighted by molar-refractivity contribution is 6.46. The van der Waals surface area contributed by atoms with Crippen LogP contribution in [0.15, 0.2) is 54.1 Å². The van der Waals surface area contributed by atoms with Crippen LogP contribution in [-0.4, -0.2) is 47.1 Å². The molecule has 0 spiro atoms. The number of carbonyl (C=O) groups is 2. The molecule has 1 amide bonds. The van der Waals surface area contributed by atoms with Crippen LogP contribution in [0.25, 0.3) is 5.76 Å². The fourth-order valence-corrected chi connectivity index (χ4v) is 4.19. The molecule has 2 saturated heterocycles. The zero-order valence-corrected chi connectivity index (χ0v) is 18.1. The Morgan fingerprint density at radius 1 is 1.16 bits per heavy atom. The maximum Gasteiger partial charge on any atom is 0.295 e. The summed E-state index contributed by atoms with van der Waals surface area (Å²) in [7, 11) is 0. The van der Waals surface area contributed by atoms with E-state index in [2.05, 4.69) is 0 Å². The van der Waals surface area contributed by atoms with Crippen LogP contribution in [0.1, 0.15) is 43.9 Å². The predicted octanol–water partition coefficient (Wildman–Crippen LogP) is 4.21. The molecule has 168 valence electrons. The average Bonchev–Trinajstić information content (AvgIpc) is 3.36. The SMILES string of the molecule is CC(C)Oc1ccc(/C(O)=C2/C(=O)C(=O)N(CC3CCCO3)C2c2ccc(F)cc2)cc1. The summed E-state index contributed by atoms with van der Waals surface area (Å²) < 4.78 is 24.9. The summed E-state index contributed by atoms with van der Waals surface area (Å²) in [6.07, 6.45) is 1.50. The van der Waals surface area contributed by atoms with Crippen LogP contribution in [0.5, 0.6) is 5.75 Å². The number of nitrogens with zero attached hydrogens (tertiary/aromatic N) is 1. The van der Waals surface area contributed by atoms with E-state index in [0.29, 0.717) is 23.5 Å². The number of aliphatic hydroxyl groups excluding tert-OH is 1. The van der Waals surface area contributed by atoms with Crippen molar-refractivity contribution in [2.45, 2.75) is 44.9 Å². The molecule has 0 saturated carbocycles. The first-order valence-corrected chi connectivity index (χ1v) is 10.8. The highest BCUT2D eigenvalue weighted by Crippen LogP contribution is 2.40. The summed E-state index contributed by atoms with van der Waals surface area (Å²) in [5.74, 6) is -1.53. The third kappa shape index (κ3) is 4.39. The van der Waals surface area contributed by atoms with Crippen molar-refractivity contribution in [2.75, 3.05) is 13.2 Å². The Morgan fingerprint density at radius 2 is 1.84 bits per heavy atom. The largest absolute Gasteiger partial charge is 0.507 e. The molecule has 4 rings (SSSR count). The number of amides is 1. The summed E-state index contributed by atoms with van der Waals surface area (Å²) in [4.78, 5) is 27.4. The highest BCUT2D eigenvalue weighted by Gasteiger charge is 2.47. The second-order valence-electron chi connectivity index (χ2n) is 8.33. The maximum atomic E-state index is 13.6. The fraction of sp³-hybridized carbons (Fsp3) is 0.360. The van der Waals surface area contributed by atoms with Crippen LogP contribution in [-0.2, 0) is 14.3 Å². The van der Waals surface area contributed by atoms with Gasteiger partial charge in [-0.25, -0.2) is 4.39 Å². The summed E-state index contributed by atoms with van der Waals surface area (Å²) >= 11 is 0. The molecule has 2 aliphatic rings. The molecule has 2 heterocycles. The van der Waals surface area contributed by atoms with Gasteiger partial charge in [0.25, 0.3) is 11.7 Å². The molecule has 1 N–H and O–H groups in total. The van der Waals surface area contributed by atoms with Crippen molar-refractivity contribution in [2.24, 2.45) is 0 Å². The van der Waals surface area contributed by atoms with Crippen molar-refractivity contribution < 1.29 is 28.6 Å². The quantitative estimate of drug-likeness (QED) is 0.415. The van der Waals surface area contributed by atoms with E-state index in [1.165, 1.54) is 29.2 Å². The maximum absolute atomic E-state index is 13.6. The van der Waals surface area contributed by atoms with E-state index in [9.17, 15) is 19.1 Å². The molecule has 2 fully saturated rings. The van der Waals surface area contributed by atoms with Gasteiger partial charge >= 0.3 is 0 Å². The first-order valence-electron chi connectivity index (χ1n) is 10.8. The molecule has 0 aliphatic carbocycles. The van der Waals surface area contributed by atoms with Gasteiger partial charge in [0.2, 0.25) is 0 Å². The first-order chi connectivity index (χ1) is 15.3. The summed E-state index contributed by atoms with van der Waals surface area (Å²) in [6, 6.07) is 11.5. The Balaban J connectivity index is 1.75. The smallest absolute Gasteiger partial charge is 0.295 e. The molecule has 2 aliphatic heterocycles. The molecule has 2 unspecified atom stereocenters. The minimum Gasteiger partial charge on any atom is -0.507 e. The van der Waals surface area contributed by atoms with E-state index in [1.54, 1.807) is 24.3 Å². The Labute approximate surface area is 186 Å². The number of ketones is 1. The number of Topliss-reactive ketones (excluding diaryl/α,β-unsaturated/α-hetero) is 1. The standard InChI is InChI=1S/C25H26FNO5/c1-15(2)32-19-11-7-17(8-12-19)23(28)21-22(16-5-9-18(26)10-6-16)27(25(30)24(21)29)14-20-4-3-13-31-20/h5-12,15,20,22,28H,3-4,13-14H2,1-2H3/b23-21-. The molecule has 32 heavy (non-hydrogen) atoms.